The van der Waals surface area contributed by atoms with E-state index < -0.39 is 0 Å². The number of rotatable bonds is 6. The third kappa shape index (κ3) is 5.85. The number of ether oxygens (including phenoxy) is 1. The predicted octanol–water partition coefficient (Wildman–Crippen LogP) is 3.61. The highest BCUT2D eigenvalue weighted by atomic mass is 16.5. The highest BCUT2D eigenvalue weighted by Gasteiger charge is 2.25. The summed E-state index contributed by atoms with van der Waals surface area (Å²) in [5, 5.41) is 3.05. The molecular weight excluding hydrogens is 416 g/mol. The lowest BCUT2D eigenvalue weighted by atomic mass is 10.1. The number of esters is 1. The van der Waals surface area contributed by atoms with Crippen LogP contribution in [-0.2, 0) is 9.53 Å². The average molecular weight is 451 g/mol. The normalized spacial score (nSPS) is 19.3. The quantitative estimate of drug-likeness (QED) is 0.679. The molecule has 1 amide bonds. The minimum atomic E-state index is -0.327. The molecule has 7 heteroatoms. The molecule has 2 saturated heterocycles. The van der Waals surface area contributed by atoms with Crippen LogP contribution in [-0.4, -0.2) is 69.2 Å². The van der Waals surface area contributed by atoms with Crippen molar-refractivity contribution in [3.8, 4) is 0 Å². The van der Waals surface area contributed by atoms with Gasteiger partial charge in [-0.15, -0.1) is 0 Å². The number of nitrogens with one attached hydrogen (secondary N) is 1. The van der Waals surface area contributed by atoms with E-state index in [1.165, 1.54) is 32.1 Å². The Morgan fingerprint density at radius 2 is 1.52 bits per heavy atom. The minimum Gasteiger partial charge on any atom is -0.465 e. The molecule has 0 bridgehead atoms. The number of piperazine rings is 1. The van der Waals surface area contributed by atoms with Gasteiger partial charge in [-0.25, -0.2) is 4.79 Å². The van der Waals surface area contributed by atoms with Gasteiger partial charge in [-0.3, -0.25) is 9.69 Å². The molecule has 2 aliphatic heterocycles. The van der Waals surface area contributed by atoms with Crippen molar-refractivity contribution < 1.29 is 14.3 Å². The van der Waals surface area contributed by atoms with Gasteiger partial charge >= 0.3 is 5.97 Å². The van der Waals surface area contributed by atoms with Crippen LogP contribution in [0.2, 0.25) is 0 Å². The van der Waals surface area contributed by atoms with Gasteiger partial charge in [0.2, 0.25) is 5.91 Å². The zero-order valence-corrected chi connectivity index (χ0v) is 19.6. The Balaban J connectivity index is 1.26. The van der Waals surface area contributed by atoms with Crippen LogP contribution in [0.15, 0.2) is 48.5 Å². The van der Waals surface area contributed by atoms with Crippen LogP contribution in [0.5, 0.6) is 0 Å². The first-order valence-corrected chi connectivity index (χ1v) is 11.9. The number of carbonyl (C=O) groups excluding carboxylic acids is 2. The zero-order valence-electron chi connectivity index (χ0n) is 19.6. The molecule has 0 spiro atoms. The number of nitrogens with zero attached hydrogens (tertiary/aromatic N) is 3. The van der Waals surface area contributed by atoms with Crippen molar-refractivity contribution >= 4 is 28.9 Å². The summed E-state index contributed by atoms with van der Waals surface area (Å²) in [6.45, 7) is 7.23. The Kier molecular flexibility index (Phi) is 7.50. The summed E-state index contributed by atoms with van der Waals surface area (Å²) >= 11 is 0. The van der Waals surface area contributed by atoms with E-state index in [1.54, 1.807) is 12.1 Å². The monoisotopic (exact) mass is 450 g/mol. The van der Waals surface area contributed by atoms with Crippen molar-refractivity contribution in [1.29, 1.82) is 0 Å². The molecule has 0 radical (unpaired) electrons. The SMILES string of the molecule is COC(=O)c1ccc(N2CCN(CC(=O)Nc3ccc(N4CCCCC4)cc3)C(C)C2)cc1. The first kappa shape index (κ1) is 23.1. The topological polar surface area (TPSA) is 65.1 Å². The fourth-order valence-corrected chi connectivity index (χ4v) is 4.68. The summed E-state index contributed by atoms with van der Waals surface area (Å²) < 4.78 is 4.77. The second-order valence-corrected chi connectivity index (χ2v) is 8.95. The molecule has 176 valence electrons. The Morgan fingerprint density at radius 3 is 2.15 bits per heavy atom. The largest absolute Gasteiger partial charge is 0.465 e. The molecule has 0 aromatic heterocycles. The molecule has 7 nitrogen and oxygen atoms in total. The summed E-state index contributed by atoms with van der Waals surface area (Å²) in [6, 6.07) is 15.9. The lowest BCUT2D eigenvalue weighted by Crippen LogP contribution is -2.53. The molecule has 0 aliphatic carbocycles. The molecule has 2 fully saturated rings. The fourth-order valence-electron chi connectivity index (χ4n) is 4.68. The maximum atomic E-state index is 12.7. The standard InChI is InChI=1S/C26H34N4O3/c1-20-18-30(24-10-6-21(7-11-24)26(32)33-2)17-16-29(20)19-25(31)27-22-8-12-23(13-9-22)28-14-4-3-5-15-28/h6-13,20H,3-5,14-19H2,1-2H3,(H,27,31). The van der Waals surface area contributed by atoms with Crippen molar-refractivity contribution in [1.82, 2.24) is 4.90 Å². The van der Waals surface area contributed by atoms with E-state index in [0.29, 0.717) is 12.1 Å². The van der Waals surface area contributed by atoms with Gasteiger partial charge in [-0.05, 0) is 74.7 Å². The number of piperidine rings is 1. The van der Waals surface area contributed by atoms with Crippen LogP contribution in [0.1, 0.15) is 36.5 Å². The molecule has 2 aromatic rings. The van der Waals surface area contributed by atoms with E-state index >= 15 is 0 Å². The number of anilines is 3. The average Bonchev–Trinajstić information content (AvgIpc) is 2.86. The van der Waals surface area contributed by atoms with Crippen LogP contribution in [0.4, 0.5) is 17.1 Å². The number of amides is 1. The number of benzene rings is 2. The molecule has 0 saturated carbocycles. The van der Waals surface area contributed by atoms with Crippen molar-refractivity contribution in [3.05, 3.63) is 54.1 Å². The lowest BCUT2D eigenvalue weighted by molar-refractivity contribution is -0.117. The molecule has 1 unspecified atom stereocenters. The third-order valence-electron chi connectivity index (χ3n) is 6.64. The smallest absolute Gasteiger partial charge is 0.337 e. The number of carbonyl (C=O) groups is 2. The first-order valence-electron chi connectivity index (χ1n) is 11.9. The van der Waals surface area contributed by atoms with E-state index in [-0.39, 0.29) is 17.9 Å². The molecule has 4 rings (SSSR count). The fraction of sp³-hybridized carbons (Fsp3) is 0.462. The van der Waals surface area contributed by atoms with Gasteiger partial charge in [-0.2, -0.15) is 0 Å². The molecule has 1 N–H and O–H groups in total. The van der Waals surface area contributed by atoms with E-state index in [2.05, 4.69) is 39.1 Å². The van der Waals surface area contributed by atoms with Crippen LogP contribution < -0.4 is 15.1 Å². The van der Waals surface area contributed by atoms with Gasteiger partial charge in [0.1, 0.15) is 0 Å². The summed E-state index contributed by atoms with van der Waals surface area (Å²) in [6.07, 6.45) is 3.82. The first-order chi connectivity index (χ1) is 16.0. The Labute approximate surface area is 196 Å². The van der Waals surface area contributed by atoms with Crippen molar-refractivity contribution in [2.24, 2.45) is 0 Å². The molecule has 33 heavy (non-hydrogen) atoms. The number of methoxy groups -OCH3 is 1. The maximum Gasteiger partial charge on any atom is 0.337 e. The number of hydrogen-bond donors (Lipinski definition) is 1. The highest BCUT2D eigenvalue weighted by Crippen LogP contribution is 2.23. The lowest BCUT2D eigenvalue weighted by Gasteiger charge is -2.40. The molecule has 2 aliphatic rings. The van der Waals surface area contributed by atoms with Gasteiger partial charge < -0.3 is 19.9 Å². The Morgan fingerprint density at radius 1 is 0.879 bits per heavy atom. The van der Waals surface area contributed by atoms with Crippen LogP contribution in [0.3, 0.4) is 0 Å². The zero-order chi connectivity index (χ0) is 23.2. The minimum absolute atomic E-state index is 0.0171. The Hall–Kier alpha value is -3.06. The summed E-state index contributed by atoms with van der Waals surface area (Å²) in [7, 11) is 1.39. The van der Waals surface area contributed by atoms with Crippen LogP contribution in [0, 0.1) is 0 Å². The van der Waals surface area contributed by atoms with Crippen LogP contribution >= 0.6 is 0 Å². The van der Waals surface area contributed by atoms with Gasteiger partial charge in [0, 0.05) is 55.8 Å². The molecule has 1 atom stereocenters. The van der Waals surface area contributed by atoms with Gasteiger partial charge in [0.15, 0.2) is 0 Å². The van der Waals surface area contributed by atoms with Gasteiger partial charge in [0.25, 0.3) is 0 Å². The summed E-state index contributed by atoms with van der Waals surface area (Å²) in [5.74, 6) is -0.310. The second-order valence-electron chi connectivity index (χ2n) is 8.95. The Bertz CT molecular complexity index is 939. The maximum absolute atomic E-state index is 12.7. The molecule has 2 heterocycles. The predicted molar refractivity (Wildman–Crippen MR) is 132 cm³/mol. The van der Waals surface area contributed by atoms with Gasteiger partial charge in [0.05, 0.1) is 19.2 Å². The van der Waals surface area contributed by atoms with Crippen molar-refractivity contribution in [2.45, 2.75) is 32.2 Å². The van der Waals surface area contributed by atoms with Crippen LogP contribution in [0.25, 0.3) is 0 Å². The van der Waals surface area contributed by atoms with Crippen molar-refractivity contribution in [3.63, 3.8) is 0 Å². The molecule has 2 aromatic carbocycles. The van der Waals surface area contributed by atoms with E-state index in [1.807, 2.05) is 24.3 Å². The van der Waals surface area contributed by atoms with E-state index in [9.17, 15) is 9.59 Å². The third-order valence-corrected chi connectivity index (χ3v) is 6.64. The number of hydrogen-bond acceptors (Lipinski definition) is 6. The van der Waals surface area contributed by atoms with Gasteiger partial charge in [-0.1, -0.05) is 0 Å². The highest BCUT2D eigenvalue weighted by molar-refractivity contribution is 5.92. The van der Waals surface area contributed by atoms with E-state index in [0.717, 1.165) is 44.1 Å². The summed E-state index contributed by atoms with van der Waals surface area (Å²) in [5.41, 5.74) is 3.70. The van der Waals surface area contributed by atoms with E-state index in [4.69, 9.17) is 4.74 Å². The second kappa shape index (κ2) is 10.7. The van der Waals surface area contributed by atoms with Crippen molar-refractivity contribution in [2.75, 3.05) is 61.5 Å². The molecular formula is C26H34N4O3. The summed E-state index contributed by atoms with van der Waals surface area (Å²) in [4.78, 5) is 31.2.